The van der Waals surface area contributed by atoms with E-state index in [1.165, 1.54) is 11.3 Å². The van der Waals surface area contributed by atoms with Crippen molar-refractivity contribution in [3.8, 4) is 0 Å². The number of carbonyl (C=O) groups is 1. The van der Waals surface area contributed by atoms with Gasteiger partial charge in [0.25, 0.3) is 0 Å². The third kappa shape index (κ3) is 2.29. The molecule has 4 nitrogen and oxygen atoms in total. The number of aryl methyl sites for hydroxylation is 1. The monoisotopic (exact) mass is 269 g/mol. The van der Waals surface area contributed by atoms with Crippen LogP contribution in [0.5, 0.6) is 0 Å². The molecule has 0 radical (unpaired) electrons. The molecule has 1 aromatic heterocycles. The van der Waals surface area contributed by atoms with E-state index < -0.39 is 5.97 Å². The molecular weight excluding hydrogens is 250 g/mol. The Hall–Kier alpha value is -0.940. The van der Waals surface area contributed by atoms with Crippen LogP contribution in [0, 0.1) is 0 Å². The predicted octanol–water partition coefficient (Wildman–Crippen LogP) is 3.21. The van der Waals surface area contributed by atoms with Gasteiger partial charge in [0, 0.05) is 7.11 Å². The molecule has 0 saturated heterocycles. The highest BCUT2D eigenvalue weighted by atomic mass is 32.1. The number of carboxylic acids is 1. The van der Waals surface area contributed by atoms with Gasteiger partial charge in [-0.3, -0.25) is 0 Å². The van der Waals surface area contributed by atoms with Crippen molar-refractivity contribution in [1.82, 2.24) is 4.98 Å². The summed E-state index contributed by atoms with van der Waals surface area (Å²) in [6, 6.07) is 0. The summed E-state index contributed by atoms with van der Waals surface area (Å²) in [7, 11) is 1.70. The molecule has 0 aromatic carbocycles. The van der Waals surface area contributed by atoms with Gasteiger partial charge in [-0.1, -0.05) is 26.2 Å². The second kappa shape index (κ2) is 5.36. The topological polar surface area (TPSA) is 59.4 Å². The number of aromatic nitrogens is 1. The molecule has 1 N–H and O–H groups in total. The number of rotatable bonds is 5. The van der Waals surface area contributed by atoms with Gasteiger partial charge >= 0.3 is 5.97 Å². The highest BCUT2D eigenvalue weighted by molar-refractivity contribution is 7.13. The summed E-state index contributed by atoms with van der Waals surface area (Å²) in [4.78, 5) is 16.2. The van der Waals surface area contributed by atoms with Crippen LogP contribution < -0.4 is 0 Å². The highest BCUT2D eigenvalue weighted by Crippen LogP contribution is 2.43. The molecule has 1 aliphatic carbocycles. The zero-order chi connectivity index (χ0) is 13.2. The first kappa shape index (κ1) is 13.5. The third-order valence-corrected chi connectivity index (χ3v) is 4.84. The molecule has 0 amide bonds. The Kier molecular flexibility index (Phi) is 4.02. The van der Waals surface area contributed by atoms with Crippen molar-refractivity contribution in [1.29, 1.82) is 0 Å². The quantitative estimate of drug-likeness (QED) is 0.891. The number of thiazole rings is 1. The van der Waals surface area contributed by atoms with Crippen LogP contribution in [-0.4, -0.2) is 23.2 Å². The summed E-state index contributed by atoms with van der Waals surface area (Å²) >= 11 is 1.29. The molecule has 1 aliphatic rings. The molecule has 1 heterocycles. The maximum atomic E-state index is 11.2. The molecule has 0 bridgehead atoms. The molecule has 0 atom stereocenters. The van der Waals surface area contributed by atoms with E-state index in [1.807, 2.05) is 6.92 Å². The van der Waals surface area contributed by atoms with Crippen molar-refractivity contribution in [3.05, 3.63) is 15.6 Å². The number of hydrogen-bond donors (Lipinski definition) is 1. The van der Waals surface area contributed by atoms with Gasteiger partial charge < -0.3 is 9.84 Å². The van der Waals surface area contributed by atoms with E-state index in [4.69, 9.17) is 4.74 Å². The third-order valence-electron chi connectivity index (χ3n) is 3.57. The van der Waals surface area contributed by atoms with Gasteiger partial charge in [0.2, 0.25) is 0 Å². The van der Waals surface area contributed by atoms with Gasteiger partial charge in [-0.2, -0.15) is 0 Å². The summed E-state index contributed by atoms with van der Waals surface area (Å²) in [5.74, 6) is -0.869. The Morgan fingerprint density at radius 2 is 2.17 bits per heavy atom. The second-order valence-corrected chi connectivity index (χ2v) is 5.75. The Balaban J connectivity index is 2.39. The van der Waals surface area contributed by atoms with E-state index in [1.54, 1.807) is 7.11 Å². The SMILES string of the molecule is CCCc1nc(C2(OC)CCCC2)sc1C(=O)O. The summed E-state index contributed by atoms with van der Waals surface area (Å²) in [6.45, 7) is 2.03. The maximum absolute atomic E-state index is 11.2. The predicted molar refractivity (Wildman–Crippen MR) is 70.2 cm³/mol. The number of ether oxygens (including phenoxy) is 1. The van der Waals surface area contributed by atoms with Crippen LogP contribution in [-0.2, 0) is 16.8 Å². The number of aromatic carboxylic acids is 1. The van der Waals surface area contributed by atoms with Gasteiger partial charge in [0.1, 0.15) is 15.5 Å². The van der Waals surface area contributed by atoms with E-state index in [-0.39, 0.29) is 5.60 Å². The summed E-state index contributed by atoms with van der Waals surface area (Å²) in [5, 5.41) is 10.1. The van der Waals surface area contributed by atoms with E-state index in [9.17, 15) is 9.90 Å². The lowest BCUT2D eigenvalue weighted by Gasteiger charge is -2.24. The summed E-state index contributed by atoms with van der Waals surface area (Å²) < 4.78 is 5.67. The van der Waals surface area contributed by atoms with Crippen molar-refractivity contribution in [2.75, 3.05) is 7.11 Å². The smallest absolute Gasteiger partial charge is 0.347 e. The fraction of sp³-hybridized carbons (Fsp3) is 0.692. The van der Waals surface area contributed by atoms with E-state index in [0.29, 0.717) is 10.6 Å². The highest BCUT2D eigenvalue weighted by Gasteiger charge is 2.39. The minimum absolute atomic E-state index is 0.332. The van der Waals surface area contributed by atoms with Crippen molar-refractivity contribution in [3.63, 3.8) is 0 Å². The van der Waals surface area contributed by atoms with Crippen LogP contribution in [0.3, 0.4) is 0 Å². The Morgan fingerprint density at radius 3 is 2.67 bits per heavy atom. The number of carboxylic acid groups (broad SMARTS) is 1. The Bertz CT molecular complexity index is 435. The molecule has 0 aliphatic heterocycles. The van der Waals surface area contributed by atoms with Crippen LogP contribution in [0.25, 0.3) is 0 Å². The normalized spacial score (nSPS) is 18.1. The van der Waals surface area contributed by atoms with Crippen LogP contribution in [0.2, 0.25) is 0 Å². The van der Waals surface area contributed by atoms with E-state index in [2.05, 4.69) is 4.98 Å². The first-order chi connectivity index (χ1) is 8.63. The summed E-state index contributed by atoms with van der Waals surface area (Å²) in [6.07, 6.45) is 5.77. The molecule has 0 unspecified atom stereocenters. The van der Waals surface area contributed by atoms with Crippen molar-refractivity contribution < 1.29 is 14.6 Å². The zero-order valence-corrected chi connectivity index (χ0v) is 11.7. The van der Waals surface area contributed by atoms with Gasteiger partial charge in [0.15, 0.2) is 0 Å². The first-order valence-corrected chi connectivity index (χ1v) is 7.23. The average molecular weight is 269 g/mol. The summed E-state index contributed by atoms with van der Waals surface area (Å²) in [5.41, 5.74) is 0.384. The van der Waals surface area contributed by atoms with Crippen LogP contribution in [0.4, 0.5) is 0 Å². The minimum atomic E-state index is -0.869. The largest absolute Gasteiger partial charge is 0.477 e. The van der Waals surface area contributed by atoms with Gasteiger partial charge in [-0.05, 0) is 19.3 Å². The van der Waals surface area contributed by atoms with Gasteiger partial charge in [-0.25, -0.2) is 9.78 Å². The van der Waals surface area contributed by atoms with Gasteiger partial charge in [-0.15, -0.1) is 11.3 Å². The van der Waals surface area contributed by atoms with Crippen molar-refractivity contribution in [2.24, 2.45) is 0 Å². The molecular formula is C13H19NO3S. The lowest BCUT2D eigenvalue weighted by atomic mass is 10.0. The number of nitrogens with zero attached hydrogens (tertiary/aromatic N) is 1. The molecule has 100 valence electrons. The Morgan fingerprint density at radius 1 is 1.50 bits per heavy atom. The molecule has 18 heavy (non-hydrogen) atoms. The van der Waals surface area contributed by atoms with Crippen LogP contribution in [0.15, 0.2) is 0 Å². The van der Waals surface area contributed by atoms with Gasteiger partial charge in [0.05, 0.1) is 5.69 Å². The fourth-order valence-electron chi connectivity index (χ4n) is 2.57. The fourth-order valence-corrected chi connectivity index (χ4v) is 3.75. The lowest BCUT2D eigenvalue weighted by Crippen LogP contribution is -2.24. The number of methoxy groups -OCH3 is 1. The van der Waals surface area contributed by atoms with E-state index >= 15 is 0 Å². The molecule has 2 rings (SSSR count). The van der Waals surface area contributed by atoms with Crippen LogP contribution >= 0.6 is 11.3 Å². The lowest BCUT2D eigenvalue weighted by molar-refractivity contribution is -0.00896. The second-order valence-electron chi connectivity index (χ2n) is 4.76. The van der Waals surface area contributed by atoms with Crippen LogP contribution in [0.1, 0.15) is 59.4 Å². The zero-order valence-electron chi connectivity index (χ0n) is 10.9. The molecule has 1 aromatic rings. The molecule has 1 fully saturated rings. The van der Waals surface area contributed by atoms with Crippen molar-refractivity contribution in [2.45, 2.75) is 51.0 Å². The first-order valence-electron chi connectivity index (χ1n) is 6.41. The number of hydrogen-bond acceptors (Lipinski definition) is 4. The minimum Gasteiger partial charge on any atom is -0.477 e. The average Bonchev–Trinajstić information content (AvgIpc) is 2.95. The molecule has 1 saturated carbocycles. The molecule has 0 spiro atoms. The van der Waals surface area contributed by atoms with Crippen molar-refractivity contribution >= 4 is 17.3 Å². The van der Waals surface area contributed by atoms with E-state index in [0.717, 1.165) is 43.5 Å². The maximum Gasteiger partial charge on any atom is 0.347 e. The Labute approximate surface area is 111 Å². The molecule has 5 heteroatoms. The standard InChI is InChI=1S/C13H19NO3S/c1-3-6-9-10(11(15)16)18-12(14-9)13(17-2)7-4-5-8-13/h3-8H2,1-2H3,(H,15,16).